The molecule has 3 rings (SSSR count). The molecule has 0 atom stereocenters. The van der Waals surface area contributed by atoms with E-state index in [0.29, 0.717) is 0 Å². The maximum atomic E-state index is 10.3. The van der Waals surface area contributed by atoms with Gasteiger partial charge in [-0.3, -0.25) is 0 Å². The third-order valence-electron chi connectivity index (χ3n) is 4.40. The summed E-state index contributed by atoms with van der Waals surface area (Å²) in [7, 11) is 0. The van der Waals surface area contributed by atoms with E-state index >= 15 is 0 Å². The molecule has 1 aliphatic rings. The minimum absolute atomic E-state index is 0.779. The van der Waals surface area contributed by atoms with Gasteiger partial charge in [0.15, 0.2) is 0 Å². The molecule has 0 spiro atoms. The monoisotopic (exact) mass is 257 g/mol. The van der Waals surface area contributed by atoms with Crippen molar-refractivity contribution in [2.24, 2.45) is 5.92 Å². The van der Waals surface area contributed by atoms with E-state index < -0.39 is 5.60 Å². The quantitative estimate of drug-likeness (QED) is 0.881. The molecule has 0 amide bonds. The zero-order chi connectivity index (χ0) is 13.5. The first-order valence-corrected chi connectivity index (χ1v) is 7.36. The molecule has 1 aromatic carbocycles. The Kier molecular flexibility index (Phi) is 3.14. The lowest BCUT2D eigenvalue weighted by Gasteiger charge is -2.19. The molecule has 0 aliphatic heterocycles. The number of nitrogens with zero attached hydrogens (tertiary/aromatic N) is 1. The van der Waals surface area contributed by atoms with E-state index in [0.717, 1.165) is 18.0 Å². The van der Waals surface area contributed by atoms with Gasteiger partial charge in [-0.1, -0.05) is 25.0 Å². The summed E-state index contributed by atoms with van der Waals surface area (Å²) in [6.07, 6.45) is 7.69. The van der Waals surface area contributed by atoms with Crippen LogP contribution in [0.1, 0.15) is 45.1 Å². The number of fused-ring (bicyclic) bond motifs is 1. The first-order chi connectivity index (χ1) is 9.05. The van der Waals surface area contributed by atoms with Crippen LogP contribution in [0.2, 0.25) is 0 Å². The van der Waals surface area contributed by atoms with Gasteiger partial charge in [0.25, 0.3) is 0 Å². The lowest BCUT2D eigenvalue weighted by Crippen LogP contribution is -2.15. The van der Waals surface area contributed by atoms with Crippen LogP contribution in [0.25, 0.3) is 10.9 Å². The van der Waals surface area contributed by atoms with Crippen LogP contribution < -0.4 is 0 Å². The van der Waals surface area contributed by atoms with E-state index in [9.17, 15) is 5.11 Å². The minimum Gasteiger partial charge on any atom is -0.386 e. The largest absolute Gasteiger partial charge is 0.386 e. The van der Waals surface area contributed by atoms with E-state index in [2.05, 4.69) is 29.0 Å². The normalized spacial score (nSPS) is 17.4. The van der Waals surface area contributed by atoms with Crippen molar-refractivity contribution in [1.29, 1.82) is 0 Å². The highest BCUT2D eigenvalue weighted by molar-refractivity contribution is 5.84. The van der Waals surface area contributed by atoms with Gasteiger partial charge in [-0.15, -0.1) is 0 Å². The van der Waals surface area contributed by atoms with Gasteiger partial charge in [-0.25, -0.2) is 0 Å². The first-order valence-electron chi connectivity index (χ1n) is 7.36. The van der Waals surface area contributed by atoms with Crippen LogP contribution in [-0.2, 0) is 12.1 Å². The molecule has 1 N–H and O–H groups in total. The van der Waals surface area contributed by atoms with Crippen LogP contribution in [-0.4, -0.2) is 9.67 Å². The lowest BCUT2D eigenvalue weighted by atomic mass is 9.95. The van der Waals surface area contributed by atoms with Crippen LogP contribution in [0, 0.1) is 5.92 Å². The second-order valence-corrected chi connectivity index (χ2v) is 6.42. The summed E-state index contributed by atoms with van der Waals surface area (Å²) in [5.41, 5.74) is 1.50. The number of hydrogen-bond acceptors (Lipinski definition) is 1. The van der Waals surface area contributed by atoms with Gasteiger partial charge in [0.2, 0.25) is 0 Å². The molecule has 1 fully saturated rings. The Morgan fingerprint density at radius 2 is 1.95 bits per heavy atom. The standard InChI is InChI=1S/C17H23NO/c1-17(2,19)15-8-5-9-16-14(15)10-11-18(16)12-13-6-3-4-7-13/h5,8-11,13,19H,3-4,6-7,12H2,1-2H3. The Balaban J connectivity index is 1.99. The van der Waals surface area contributed by atoms with Crippen molar-refractivity contribution in [3.8, 4) is 0 Å². The molecule has 1 saturated carbocycles. The van der Waals surface area contributed by atoms with Gasteiger partial charge in [0.05, 0.1) is 5.60 Å². The van der Waals surface area contributed by atoms with Crippen LogP contribution in [0.3, 0.4) is 0 Å². The summed E-state index contributed by atoms with van der Waals surface area (Å²) in [5, 5.41) is 11.5. The predicted octanol–water partition coefficient (Wildman–Crippen LogP) is 4.06. The Morgan fingerprint density at radius 3 is 2.63 bits per heavy atom. The third kappa shape index (κ3) is 2.42. The fourth-order valence-electron chi connectivity index (χ4n) is 3.39. The molecule has 2 heteroatoms. The number of hydrogen-bond donors (Lipinski definition) is 1. The Labute approximate surface area is 115 Å². The van der Waals surface area contributed by atoms with Crippen molar-refractivity contribution in [3.05, 3.63) is 36.0 Å². The van der Waals surface area contributed by atoms with Gasteiger partial charge >= 0.3 is 0 Å². The molecule has 2 nitrogen and oxygen atoms in total. The van der Waals surface area contributed by atoms with Crippen LogP contribution in [0.15, 0.2) is 30.5 Å². The predicted molar refractivity (Wildman–Crippen MR) is 79.1 cm³/mol. The average molecular weight is 257 g/mol. The number of rotatable bonds is 3. The highest BCUT2D eigenvalue weighted by Crippen LogP contribution is 2.31. The molecule has 2 aromatic rings. The van der Waals surface area contributed by atoms with Gasteiger partial charge in [0, 0.05) is 23.6 Å². The topological polar surface area (TPSA) is 25.2 Å². The highest BCUT2D eigenvalue weighted by Gasteiger charge is 2.21. The molecule has 102 valence electrons. The zero-order valence-electron chi connectivity index (χ0n) is 11.9. The molecule has 1 aliphatic carbocycles. The van der Waals surface area contributed by atoms with Crippen molar-refractivity contribution >= 4 is 10.9 Å². The molecule has 0 bridgehead atoms. The average Bonchev–Trinajstić information content (AvgIpc) is 2.98. The van der Waals surface area contributed by atoms with Crippen molar-refractivity contribution in [2.75, 3.05) is 0 Å². The van der Waals surface area contributed by atoms with Crippen molar-refractivity contribution < 1.29 is 5.11 Å². The molecule has 0 radical (unpaired) electrons. The van der Waals surface area contributed by atoms with Crippen LogP contribution >= 0.6 is 0 Å². The summed E-state index contributed by atoms with van der Waals surface area (Å²) < 4.78 is 2.36. The maximum absolute atomic E-state index is 10.3. The number of aliphatic hydroxyl groups is 1. The van der Waals surface area contributed by atoms with E-state index in [1.165, 1.54) is 36.6 Å². The molecule has 19 heavy (non-hydrogen) atoms. The van der Waals surface area contributed by atoms with Gasteiger partial charge in [0.1, 0.15) is 0 Å². The van der Waals surface area contributed by atoms with Gasteiger partial charge in [-0.05, 0) is 50.3 Å². The van der Waals surface area contributed by atoms with Gasteiger partial charge in [-0.2, -0.15) is 0 Å². The lowest BCUT2D eigenvalue weighted by molar-refractivity contribution is 0.0802. The van der Waals surface area contributed by atoms with Crippen LogP contribution in [0.4, 0.5) is 0 Å². The van der Waals surface area contributed by atoms with Gasteiger partial charge < -0.3 is 9.67 Å². The second kappa shape index (κ2) is 4.68. The number of aromatic nitrogens is 1. The molecule has 0 unspecified atom stereocenters. The van der Waals surface area contributed by atoms with E-state index in [-0.39, 0.29) is 0 Å². The van der Waals surface area contributed by atoms with E-state index in [1.807, 2.05) is 19.9 Å². The Hall–Kier alpha value is -1.28. The fraction of sp³-hybridized carbons (Fsp3) is 0.529. The van der Waals surface area contributed by atoms with E-state index in [1.54, 1.807) is 0 Å². The van der Waals surface area contributed by atoms with E-state index in [4.69, 9.17) is 0 Å². The molecule has 1 heterocycles. The fourth-order valence-corrected chi connectivity index (χ4v) is 3.39. The summed E-state index contributed by atoms with van der Waals surface area (Å²) in [5.74, 6) is 0.835. The summed E-state index contributed by atoms with van der Waals surface area (Å²) >= 11 is 0. The third-order valence-corrected chi connectivity index (χ3v) is 4.40. The molecular formula is C17H23NO. The summed E-state index contributed by atoms with van der Waals surface area (Å²) in [4.78, 5) is 0. The van der Waals surface area contributed by atoms with Crippen molar-refractivity contribution in [3.63, 3.8) is 0 Å². The van der Waals surface area contributed by atoms with Crippen LogP contribution in [0.5, 0.6) is 0 Å². The zero-order valence-corrected chi connectivity index (χ0v) is 11.9. The maximum Gasteiger partial charge on any atom is 0.0847 e. The number of benzene rings is 1. The molecule has 0 saturated heterocycles. The highest BCUT2D eigenvalue weighted by atomic mass is 16.3. The van der Waals surface area contributed by atoms with Crippen molar-refractivity contribution in [2.45, 2.75) is 51.7 Å². The first kappa shape index (κ1) is 12.7. The summed E-state index contributed by atoms with van der Waals surface area (Å²) in [6.45, 7) is 4.84. The second-order valence-electron chi connectivity index (χ2n) is 6.42. The SMILES string of the molecule is CC(C)(O)c1cccc2c1ccn2CC1CCCC1. The minimum atomic E-state index is -0.779. The Morgan fingerprint density at radius 1 is 1.21 bits per heavy atom. The Bertz CT molecular complexity index is 570. The molecular weight excluding hydrogens is 234 g/mol. The molecule has 1 aromatic heterocycles. The smallest absolute Gasteiger partial charge is 0.0847 e. The summed E-state index contributed by atoms with van der Waals surface area (Å²) in [6, 6.07) is 8.40. The van der Waals surface area contributed by atoms with Crippen molar-refractivity contribution in [1.82, 2.24) is 4.57 Å².